The highest BCUT2D eigenvalue weighted by Crippen LogP contribution is 2.35. The average Bonchev–Trinajstić information content (AvgIpc) is 2.73. The Morgan fingerprint density at radius 3 is 2.44 bits per heavy atom. The Morgan fingerprint density at radius 2 is 1.94 bits per heavy atom. The predicted octanol–water partition coefficient (Wildman–Crippen LogP) is 5.32. The molecule has 2 rings (SSSR count). The molecule has 1 aromatic carbocycles. The van der Waals surface area contributed by atoms with Gasteiger partial charge in [0.2, 0.25) is 0 Å². The summed E-state index contributed by atoms with van der Waals surface area (Å²) in [6, 6.07) is 7.20. The quantitative estimate of drug-likeness (QED) is 0.638. The number of hydrogen-bond donors (Lipinski definition) is 0. The van der Waals surface area contributed by atoms with Crippen LogP contribution in [-0.4, -0.2) is 6.29 Å². The standard InChI is InChI=1S/C12H7Br2ClO2S/c13-9-3-7(5-16)4-10(14)12(9)17-6-8-1-2-11(15)18-8/h1-5H,6H2. The van der Waals surface area contributed by atoms with Crippen molar-refractivity contribution in [1.29, 1.82) is 0 Å². The molecule has 0 unspecified atom stereocenters. The van der Waals surface area contributed by atoms with Crippen molar-refractivity contribution in [2.45, 2.75) is 6.61 Å². The van der Waals surface area contributed by atoms with Gasteiger partial charge in [0.1, 0.15) is 18.6 Å². The van der Waals surface area contributed by atoms with E-state index in [4.69, 9.17) is 16.3 Å². The molecule has 2 aromatic rings. The molecule has 18 heavy (non-hydrogen) atoms. The first-order chi connectivity index (χ1) is 8.60. The van der Waals surface area contributed by atoms with Crippen molar-refractivity contribution >= 4 is 61.1 Å². The van der Waals surface area contributed by atoms with Gasteiger partial charge in [0, 0.05) is 10.4 Å². The van der Waals surface area contributed by atoms with Crippen LogP contribution in [0.2, 0.25) is 4.34 Å². The van der Waals surface area contributed by atoms with Crippen LogP contribution in [0.15, 0.2) is 33.2 Å². The number of ether oxygens (including phenoxy) is 1. The number of benzene rings is 1. The lowest BCUT2D eigenvalue weighted by atomic mass is 10.2. The third-order valence-corrected chi connectivity index (χ3v) is 4.53. The van der Waals surface area contributed by atoms with Crippen LogP contribution in [0, 0.1) is 0 Å². The van der Waals surface area contributed by atoms with E-state index >= 15 is 0 Å². The van der Waals surface area contributed by atoms with Crippen LogP contribution >= 0.6 is 54.8 Å². The van der Waals surface area contributed by atoms with Crippen molar-refractivity contribution in [1.82, 2.24) is 0 Å². The highest BCUT2D eigenvalue weighted by atomic mass is 79.9. The molecule has 0 aliphatic heterocycles. The van der Waals surface area contributed by atoms with E-state index in [0.717, 1.165) is 24.4 Å². The Morgan fingerprint density at radius 1 is 1.28 bits per heavy atom. The molecular weight excluding hydrogens is 403 g/mol. The largest absolute Gasteiger partial charge is 0.486 e. The second-order valence-corrected chi connectivity index (χ2v) is 6.93. The Labute approximate surface area is 130 Å². The van der Waals surface area contributed by atoms with Gasteiger partial charge in [0.15, 0.2) is 0 Å². The van der Waals surface area contributed by atoms with Crippen molar-refractivity contribution in [3.05, 3.63) is 48.0 Å². The van der Waals surface area contributed by atoms with Crippen LogP contribution in [-0.2, 0) is 6.61 Å². The van der Waals surface area contributed by atoms with E-state index in [-0.39, 0.29) is 0 Å². The van der Waals surface area contributed by atoms with Crippen molar-refractivity contribution < 1.29 is 9.53 Å². The van der Waals surface area contributed by atoms with E-state index < -0.39 is 0 Å². The number of aldehydes is 1. The fourth-order valence-electron chi connectivity index (χ4n) is 1.36. The molecule has 0 amide bonds. The second-order valence-electron chi connectivity index (χ2n) is 3.43. The van der Waals surface area contributed by atoms with Crippen LogP contribution < -0.4 is 4.74 Å². The summed E-state index contributed by atoms with van der Waals surface area (Å²) in [7, 11) is 0. The molecule has 0 radical (unpaired) electrons. The second kappa shape index (κ2) is 6.19. The fraction of sp³-hybridized carbons (Fsp3) is 0.0833. The minimum Gasteiger partial charge on any atom is -0.486 e. The SMILES string of the molecule is O=Cc1cc(Br)c(OCc2ccc(Cl)s2)c(Br)c1. The molecule has 94 valence electrons. The lowest BCUT2D eigenvalue weighted by molar-refractivity contribution is 0.112. The minimum absolute atomic E-state index is 0.440. The normalized spacial score (nSPS) is 10.4. The monoisotopic (exact) mass is 408 g/mol. The molecule has 1 heterocycles. The summed E-state index contributed by atoms with van der Waals surface area (Å²) in [6.07, 6.45) is 0.790. The van der Waals surface area contributed by atoms with E-state index in [2.05, 4.69) is 31.9 Å². The highest BCUT2D eigenvalue weighted by molar-refractivity contribution is 9.11. The molecule has 0 spiro atoms. The van der Waals surface area contributed by atoms with Crippen LogP contribution in [0.5, 0.6) is 5.75 Å². The summed E-state index contributed by atoms with van der Waals surface area (Å²) in [5.74, 6) is 0.671. The number of hydrogen-bond acceptors (Lipinski definition) is 3. The van der Waals surface area contributed by atoms with Gasteiger partial charge in [-0.2, -0.15) is 0 Å². The van der Waals surface area contributed by atoms with E-state index in [9.17, 15) is 4.79 Å². The van der Waals surface area contributed by atoms with Crippen LogP contribution in [0.25, 0.3) is 0 Å². The van der Waals surface area contributed by atoms with Gasteiger partial charge in [0.05, 0.1) is 13.3 Å². The maximum atomic E-state index is 10.7. The topological polar surface area (TPSA) is 26.3 Å². The maximum Gasteiger partial charge on any atom is 0.150 e. The van der Waals surface area contributed by atoms with Gasteiger partial charge in [-0.25, -0.2) is 0 Å². The highest BCUT2D eigenvalue weighted by Gasteiger charge is 2.09. The lowest BCUT2D eigenvalue weighted by Crippen LogP contribution is -1.95. The zero-order chi connectivity index (χ0) is 13.1. The predicted molar refractivity (Wildman–Crippen MR) is 80.9 cm³/mol. The summed E-state index contributed by atoms with van der Waals surface area (Å²) in [4.78, 5) is 11.7. The molecule has 2 nitrogen and oxygen atoms in total. The van der Waals surface area contributed by atoms with Crippen molar-refractivity contribution in [2.24, 2.45) is 0 Å². The number of carbonyl (C=O) groups excluding carboxylic acids is 1. The molecule has 1 aromatic heterocycles. The molecule has 0 atom stereocenters. The summed E-state index contributed by atoms with van der Waals surface area (Å²) < 4.78 is 7.92. The summed E-state index contributed by atoms with van der Waals surface area (Å²) in [6.45, 7) is 0.440. The van der Waals surface area contributed by atoms with Crippen molar-refractivity contribution in [2.75, 3.05) is 0 Å². The molecule has 0 saturated heterocycles. The Kier molecular flexibility index (Phi) is 4.84. The molecule has 0 fully saturated rings. The fourth-order valence-corrected chi connectivity index (χ4v) is 3.81. The number of thiophene rings is 1. The van der Waals surface area contributed by atoms with Gasteiger partial charge in [-0.05, 0) is 56.1 Å². The number of rotatable bonds is 4. The van der Waals surface area contributed by atoms with Gasteiger partial charge in [-0.3, -0.25) is 4.79 Å². The molecule has 0 aliphatic rings. The van der Waals surface area contributed by atoms with Gasteiger partial charge < -0.3 is 4.74 Å². The van der Waals surface area contributed by atoms with Gasteiger partial charge in [0.25, 0.3) is 0 Å². The van der Waals surface area contributed by atoms with Crippen LogP contribution in [0.4, 0.5) is 0 Å². The summed E-state index contributed by atoms with van der Waals surface area (Å²) >= 11 is 14.1. The van der Waals surface area contributed by atoms with Gasteiger partial charge in [-0.15, -0.1) is 11.3 Å². The van der Waals surface area contributed by atoms with Gasteiger partial charge >= 0.3 is 0 Å². The minimum atomic E-state index is 0.440. The van der Waals surface area contributed by atoms with Crippen molar-refractivity contribution in [3.63, 3.8) is 0 Å². The van der Waals surface area contributed by atoms with E-state index in [1.54, 1.807) is 12.1 Å². The zero-order valence-corrected chi connectivity index (χ0v) is 13.7. The smallest absolute Gasteiger partial charge is 0.150 e. The summed E-state index contributed by atoms with van der Waals surface area (Å²) in [5.41, 5.74) is 0.584. The molecule has 0 saturated carbocycles. The first-order valence-corrected chi connectivity index (χ1v) is 7.69. The van der Waals surface area contributed by atoms with Crippen LogP contribution in [0.1, 0.15) is 15.2 Å². The summed E-state index contributed by atoms with van der Waals surface area (Å²) in [5, 5.41) is 0. The average molecular weight is 411 g/mol. The van der Waals surface area contributed by atoms with E-state index in [1.807, 2.05) is 12.1 Å². The Bertz CT molecular complexity index is 560. The number of halogens is 3. The lowest BCUT2D eigenvalue weighted by Gasteiger charge is -2.09. The molecule has 0 aliphatic carbocycles. The van der Waals surface area contributed by atoms with E-state index in [1.165, 1.54) is 11.3 Å². The Balaban J connectivity index is 2.16. The third-order valence-electron chi connectivity index (χ3n) is 2.14. The van der Waals surface area contributed by atoms with E-state index in [0.29, 0.717) is 17.9 Å². The molecular formula is C12H7Br2ClO2S. The zero-order valence-electron chi connectivity index (χ0n) is 8.95. The third kappa shape index (κ3) is 3.35. The molecule has 0 N–H and O–H groups in total. The first-order valence-electron chi connectivity index (χ1n) is 4.91. The Hall–Kier alpha value is -0.360. The van der Waals surface area contributed by atoms with Crippen molar-refractivity contribution in [3.8, 4) is 5.75 Å². The van der Waals surface area contributed by atoms with Crippen LogP contribution in [0.3, 0.4) is 0 Å². The molecule has 0 bridgehead atoms. The first kappa shape index (κ1) is 14.1. The maximum absolute atomic E-state index is 10.7. The van der Waals surface area contributed by atoms with Gasteiger partial charge in [-0.1, -0.05) is 11.6 Å². The molecule has 6 heteroatoms. The number of carbonyl (C=O) groups is 1.